The molecule has 2 heterocycles. The van der Waals surface area contributed by atoms with E-state index in [0.29, 0.717) is 17.7 Å². The van der Waals surface area contributed by atoms with Gasteiger partial charge in [-0.05, 0) is 72.1 Å². The van der Waals surface area contributed by atoms with E-state index in [2.05, 4.69) is 14.9 Å². The topological polar surface area (TPSA) is 64.0 Å². The lowest BCUT2D eigenvalue weighted by molar-refractivity contribution is -0.124. The van der Waals surface area contributed by atoms with E-state index in [1.807, 2.05) is 31.2 Å². The van der Waals surface area contributed by atoms with Crippen LogP contribution in [0.1, 0.15) is 54.4 Å². The smallest absolute Gasteiger partial charge is 0.281 e. The number of aryl methyl sites for hydroxylation is 1. The second-order valence-corrected chi connectivity index (χ2v) is 9.22. The fourth-order valence-electron chi connectivity index (χ4n) is 4.32. The predicted octanol–water partition coefficient (Wildman–Crippen LogP) is 6.50. The largest absolute Gasteiger partial charge is 0.352 e. The van der Waals surface area contributed by atoms with Crippen LogP contribution in [0.3, 0.4) is 0 Å². The molecule has 8 heteroatoms. The minimum absolute atomic E-state index is 0.0810. The number of Topliss-reactive ketones (excluding diaryl/α,β-unsaturated/α-hetero) is 1. The highest BCUT2D eigenvalue weighted by Crippen LogP contribution is 2.30. The first-order chi connectivity index (χ1) is 17.7. The highest BCUT2D eigenvalue weighted by atomic mass is 19.3. The van der Waals surface area contributed by atoms with Crippen molar-refractivity contribution in [3.8, 4) is 11.3 Å². The van der Waals surface area contributed by atoms with Crippen LogP contribution in [0.25, 0.3) is 22.2 Å². The maximum absolute atomic E-state index is 13.6. The van der Waals surface area contributed by atoms with Crippen LogP contribution < -0.4 is 5.32 Å². The molecule has 5 nitrogen and oxygen atoms in total. The van der Waals surface area contributed by atoms with Gasteiger partial charge in [0.05, 0.1) is 0 Å². The van der Waals surface area contributed by atoms with Gasteiger partial charge >= 0.3 is 0 Å². The van der Waals surface area contributed by atoms with Crippen molar-refractivity contribution < 1.29 is 22.8 Å². The summed E-state index contributed by atoms with van der Waals surface area (Å²) in [6.45, 7) is 6.29. The fraction of sp³-hybridized carbons (Fsp3) is 0.276. The van der Waals surface area contributed by atoms with Crippen molar-refractivity contribution in [1.82, 2.24) is 14.9 Å². The number of fused-ring (bicyclic) bond motifs is 1. The fourth-order valence-corrected chi connectivity index (χ4v) is 4.32. The number of hydrogen-bond acceptors (Lipinski definition) is 3. The average molecular weight is 508 g/mol. The van der Waals surface area contributed by atoms with Crippen molar-refractivity contribution in [2.45, 2.75) is 46.7 Å². The maximum atomic E-state index is 13.6. The third-order valence-corrected chi connectivity index (χ3v) is 6.26. The van der Waals surface area contributed by atoms with Gasteiger partial charge in [0.1, 0.15) is 11.5 Å². The average Bonchev–Trinajstić information content (AvgIpc) is 3.25. The zero-order valence-corrected chi connectivity index (χ0v) is 20.9. The minimum atomic E-state index is -2.91. The summed E-state index contributed by atoms with van der Waals surface area (Å²) < 4.78 is 42.8. The molecule has 0 aliphatic carbocycles. The van der Waals surface area contributed by atoms with Crippen LogP contribution >= 0.6 is 0 Å². The van der Waals surface area contributed by atoms with Crippen LogP contribution in [0, 0.1) is 11.7 Å². The molecule has 37 heavy (non-hydrogen) atoms. The van der Waals surface area contributed by atoms with Crippen molar-refractivity contribution >= 4 is 22.6 Å². The Morgan fingerprint density at radius 3 is 2.38 bits per heavy atom. The molecule has 0 saturated heterocycles. The highest BCUT2D eigenvalue weighted by Gasteiger charge is 2.22. The molecular weight excluding hydrogens is 479 g/mol. The Balaban J connectivity index is 1.62. The number of ketones is 1. The number of halogens is 3. The third-order valence-electron chi connectivity index (χ3n) is 6.26. The zero-order chi connectivity index (χ0) is 26.7. The van der Waals surface area contributed by atoms with Crippen LogP contribution in [-0.4, -0.2) is 21.2 Å². The molecule has 2 aromatic heterocycles. The quantitative estimate of drug-likeness (QED) is 0.263. The molecule has 2 aromatic carbocycles. The molecule has 0 unspecified atom stereocenters. The van der Waals surface area contributed by atoms with E-state index in [4.69, 9.17) is 0 Å². The van der Waals surface area contributed by atoms with Crippen LogP contribution in [-0.2, 0) is 24.3 Å². The molecule has 0 aliphatic rings. The van der Waals surface area contributed by atoms with E-state index in [0.717, 1.165) is 22.2 Å². The Morgan fingerprint density at radius 1 is 1.00 bits per heavy atom. The summed E-state index contributed by atoms with van der Waals surface area (Å²) in [6.07, 6.45) is -1.73. The summed E-state index contributed by atoms with van der Waals surface area (Å²) in [5.74, 6) is -1.20. The van der Waals surface area contributed by atoms with Crippen molar-refractivity contribution in [3.63, 3.8) is 0 Å². The summed E-state index contributed by atoms with van der Waals surface area (Å²) in [5.41, 5.74) is 3.17. The zero-order valence-electron chi connectivity index (χ0n) is 20.9. The molecule has 1 amide bonds. The monoisotopic (exact) mass is 507 g/mol. The Kier molecular flexibility index (Phi) is 7.76. The van der Waals surface area contributed by atoms with Gasteiger partial charge in [-0.1, -0.05) is 19.9 Å². The number of hydrogen-bond donors (Lipinski definition) is 1. The van der Waals surface area contributed by atoms with Gasteiger partial charge in [-0.3, -0.25) is 14.6 Å². The van der Waals surface area contributed by atoms with Crippen molar-refractivity contribution in [2.24, 2.45) is 5.92 Å². The minimum Gasteiger partial charge on any atom is -0.352 e. The molecular formula is C29H28F3N3O2. The summed E-state index contributed by atoms with van der Waals surface area (Å²) >= 11 is 0. The molecule has 0 fully saturated rings. The molecule has 0 aliphatic heterocycles. The maximum Gasteiger partial charge on any atom is 0.281 e. The summed E-state index contributed by atoms with van der Waals surface area (Å²) in [5, 5.41) is 3.60. The Morgan fingerprint density at radius 2 is 1.73 bits per heavy atom. The van der Waals surface area contributed by atoms with Crippen LogP contribution in [0.4, 0.5) is 13.2 Å². The third kappa shape index (κ3) is 5.74. The van der Waals surface area contributed by atoms with Crippen molar-refractivity contribution in [1.29, 1.82) is 0 Å². The number of nitrogens with one attached hydrogen (secondary N) is 1. The molecule has 4 aromatic rings. The Labute approximate surface area is 213 Å². The molecule has 1 N–H and O–H groups in total. The van der Waals surface area contributed by atoms with Gasteiger partial charge in [0, 0.05) is 53.8 Å². The summed E-state index contributed by atoms with van der Waals surface area (Å²) in [7, 11) is 0. The molecule has 0 spiro atoms. The molecule has 0 atom stereocenters. The lowest BCUT2D eigenvalue weighted by Crippen LogP contribution is -2.27. The number of pyridine rings is 1. The normalized spacial score (nSPS) is 11.5. The highest BCUT2D eigenvalue weighted by molar-refractivity contribution is 5.99. The van der Waals surface area contributed by atoms with Gasteiger partial charge < -0.3 is 9.88 Å². The van der Waals surface area contributed by atoms with Crippen LogP contribution in [0.2, 0.25) is 0 Å². The Bertz CT molecular complexity index is 1440. The van der Waals surface area contributed by atoms with Gasteiger partial charge in [-0.15, -0.1) is 0 Å². The predicted molar refractivity (Wildman–Crippen MR) is 137 cm³/mol. The molecule has 0 saturated carbocycles. The molecule has 0 bridgehead atoms. The number of aromatic nitrogens is 2. The number of rotatable bonds is 9. The number of nitrogens with zero attached hydrogens (tertiary/aromatic N) is 2. The summed E-state index contributed by atoms with van der Waals surface area (Å²) in [4.78, 5) is 28.9. The van der Waals surface area contributed by atoms with Crippen molar-refractivity contribution in [2.75, 3.05) is 0 Å². The van der Waals surface area contributed by atoms with Gasteiger partial charge in [0.25, 0.3) is 6.43 Å². The van der Waals surface area contributed by atoms with E-state index in [1.165, 1.54) is 24.4 Å². The molecule has 192 valence electrons. The molecule has 4 rings (SSSR count). The lowest BCUT2D eigenvalue weighted by atomic mass is 9.99. The lowest BCUT2D eigenvalue weighted by Gasteiger charge is -2.12. The van der Waals surface area contributed by atoms with Crippen LogP contribution in [0.5, 0.6) is 0 Å². The van der Waals surface area contributed by atoms with E-state index >= 15 is 0 Å². The first-order valence-electron chi connectivity index (χ1n) is 12.1. The number of carbonyl (C=O) groups excluding carboxylic acids is 2. The SMILES string of the molecule is CCn1c(-c2ccc(F)cc2)cc2cc(CC(=O)c3cc(CNC(=O)C(C)C)cnc3C(F)F)ccc21. The Hall–Kier alpha value is -3.94. The number of amides is 1. The molecule has 0 radical (unpaired) electrons. The first-order valence-corrected chi connectivity index (χ1v) is 12.1. The number of carbonyl (C=O) groups is 2. The van der Waals surface area contributed by atoms with Crippen molar-refractivity contribution in [3.05, 3.63) is 89.0 Å². The first kappa shape index (κ1) is 26.1. The van der Waals surface area contributed by atoms with Gasteiger partial charge in [-0.25, -0.2) is 13.2 Å². The second kappa shape index (κ2) is 11.0. The van der Waals surface area contributed by atoms with Gasteiger partial charge in [0.2, 0.25) is 5.91 Å². The van der Waals surface area contributed by atoms with Gasteiger partial charge in [0.15, 0.2) is 5.78 Å². The number of alkyl halides is 2. The summed E-state index contributed by atoms with van der Waals surface area (Å²) in [6, 6.07) is 15.2. The van der Waals surface area contributed by atoms with Crippen LogP contribution in [0.15, 0.2) is 60.8 Å². The van der Waals surface area contributed by atoms with E-state index < -0.39 is 17.9 Å². The standard InChI is InChI=1S/C29H28F3N3O2/c1-4-35-24-10-5-18(11-21(24)14-25(35)20-6-8-22(30)9-7-20)13-26(36)23-12-19(15-33-27(23)28(31)32)16-34-29(37)17(2)3/h5-12,14-15,17,28H,4,13,16H2,1-3H3,(H,34,37). The van der Waals surface area contributed by atoms with E-state index in [-0.39, 0.29) is 36.2 Å². The number of benzene rings is 2. The van der Waals surface area contributed by atoms with E-state index in [9.17, 15) is 22.8 Å². The second-order valence-electron chi connectivity index (χ2n) is 9.22. The van der Waals surface area contributed by atoms with E-state index in [1.54, 1.807) is 26.0 Å². The van der Waals surface area contributed by atoms with Gasteiger partial charge in [-0.2, -0.15) is 0 Å².